The van der Waals surface area contributed by atoms with Crippen LogP contribution in [0, 0.1) is 29.6 Å². The number of nitrogens with zero attached hydrogens (tertiary/aromatic N) is 8. The third kappa shape index (κ3) is 31.7. The van der Waals surface area contributed by atoms with Crippen LogP contribution in [0.2, 0.25) is 0 Å². The number of hydrogen-bond acceptors (Lipinski definition) is 30. The van der Waals surface area contributed by atoms with Crippen molar-refractivity contribution in [3.05, 3.63) is 114 Å². The number of benzene rings is 1. The van der Waals surface area contributed by atoms with E-state index in [2.05, 4.69) is 30.6 Å². The molecule has 5 aromatic heterocycles. The van der Waals surface area contributed by atoms with Crippen molar-refractivity contribution in [1.82, 2.24) is 49.9 Å². The second-order valence-electron chi connectivity index (χ2n) is 34.4. The van der Waals surface area contributed by atoms with Crippen LogP contribution in [0.25, 0.3) is 33.3 Å². The molecule has 712 valence electrons. The molecule has 10 N–H and O–H groups in total. The van der Waals surface area contributed by atoms with Crippen LogP contribution >= 0.6 is 0 Å². The second-order valence-corrected chi connectivity index (χ2v) is 34.4. The SMILES string of the molecule is CO[C@@H]1C[C@H](C[C@@H](N)[C@@H]2CC(=O)[C@H](C)/C=C(\C)[C@@H](O)[C@@H](O)C(=O)[C@H](C)C[C@H](C)/C=C/C=C/C=C(\C)[C@@H](c3ccco3)C[C@@H]3CC[C@@H](C)[C@@](O)(O3)C(=O)C(=O)N3CCCC[C@H]3C(=O)O2)CC[C@H]1OCCCCc1cn(CCOCCOCCOCCOCCOCCOCCOCCOCCC(=O)NCCCCn2nc(-c3cc4cc(O)ccc4[nH]3)c3c(N)ncnc32)nn1. The summed E-state index contributed by atoms with van der Waals surface area (Å²) in [6.45, 7) is 19.1. The number of aryl methyl sites for hydroxylation is 2. The highest BCUT2D eigenvalue weighted by molar-refractivity contribution is 6.39. The van der Waals surface area contributed by atoms with E-state index < -0.39 is 89.3 Å². The van der Waals surface area contributed by atoms with Gasteiger partial charge >= 0.3 is 5.97 Å². The number of H-pyrrole nitrogens is 1. The topological polar surface area (TPSA) is 465 Å². The lowest BCUT2D eigenvalue weighted by molar-refractivity contribution is -0.264. The van der Waals surface area contributed by atoms with Crippen molar-refractivity contribution in [2.24, 2.45) is 35.3 Å². The first kappa shape index (κ1) is 102. The number of phenolic OH excluding ortho intramolecular Hbond substituents is 1. The van der Waals surface area contributed by atoms with Crippen molar-refractivity contribution >= 4 is 62.9 Å². The Hall–Kier alpha value is -8.89. The van der Waals surface area contributed by atoms with Crippen molar-refractivity contribution in [2.45, 2.75) is 231 Å². The van der Waals surface area contributed by atoms with Gasteiger partial charge in [0.2, 0.25) is 11.7 Å². The van der Waals surface area contributed by atoms with E-state index in [9.17, 15) is 49.2 Å². The molecule has 10 rings (SSSR count). The van der Waals surface area contributed by atoms with Crippen LogP contribution < -0.4 is 16.8 Å². The van der Waals surface area contributed by atoms with Crippen LogP contribution in [0.15, 0.2) is 107 Å². The molecule has 35 heteroatoms. The Morgan fingerprint density at radius 2 is 1.43 bits per heavy atom. The molecule has 3 aliphatic heterocycles. The number of aromatic nitrogens is 8. The molecule has 6 aromatic rings. The van der Waals surface area contributed by atoms with E-state index in [1.54, 1.807) is 67.8 Å². The molecule has 8 heterocycles. The Balaban J connectivity index is 0.546. The number of unbranched alkanes of at least 4 members (excludes halogenated alkanes) is 2. The summed E-state index contributed by atoms with van der Waals surface area (Å²) < 4.78 is 79.6. The number of esters is 1. The number of nitrogen functional groups attached to an aromatic ring is 1. The first-order valence-electron chi connectivity index (χ1n) is 46.0. The number of carbonyl (C=O) groups is 6. The molecule has 4 aliphatic rings. The predicted molar refractivity (Wildman–Crippen MR) is 479 cm³/mol. The molecule has 35 nitrogen and oxygen atoms in total. The largest absolute Gasteiger partial charge is 0.508 e. The quantitative estimate of drug-likeness (QED) is 0.00765. The number of cyclic esters (lactones) is 1. The third-order valence-corrected chi connectivity index (χ3v) is 24.5. The van der Waals surface area contributed by atoms with Gasteiger partial charge in [-0.3, -0.25) is 24.0 Å². The van der Waals surface area contributed by atoms with E-state index in [1.807, 2.05) is 62.6 Å². The summed E-state index contributed by atoms with van der Waals surface area (Å²) >= 11 is 0. The van der Waals surface area contributed by atoms with E-state index in [1.165, 1.54) is 19.3 Å². The van der Waals surface area contributed by atoms with Gasteiger partial charge in [-0.05, 0) is 170 Å². The maximum Gasteiger partial charge on any atom is 0.329 e. The number of aliphatic hydroxyl groups is 3. The number of fused-ring (bicyclic) bond motifs is 5. The van der Waals surface area contributed by atoms with Crippen LogP contribution in [-0.4, -0.2) is 287 Å². The Labute approximate surface area is 755 Å². The van der Waals surface area contributed by atoms with E-state index in [4.69, 9.17) is 77.8 Å². The lowest BCUT2D eigenvalue weighted by atomic mass is 9.80. The molecule has 3 fully saturated rings. The molecule has 0 spiro atoms. The lowest BCUT2D eigenvalue weighted by Crippen LogP contribution is -2.61. The van der Waals surface area contributed by atoms with Gasteiger partial charge in [0.15, 0.2) is 11.4 Å². The van der Waals surface area contributed by atoms with Gasteiger partial charge in [-0.1, -0.05) is 74.9 Å². The molecular weight excluding hydrogens is 1670 g/mol. The monoisotopic (exact) mass is 1800 g/mol. The number of aliphatic hydroxyl groups excluding tert-OH is 2. The molecule has 0 radical (unpaired) electrons. The molecule has 2 bridgehead atoms. The van der Waals surface area contributed by atoms with Gasteiger partial charge in [-0.15, -0.1) is 5.10 Å². The highest BCUT2D eigenvalue weighted by Crippen LogP contribution is 2.41. The summed E-state index contributed by atoms with van der Waals surface area (Å²) in [4.78, 5) is 97.6. The number of furan rings is 1. The minimum absolute atomic E-state index is 0.0205. The average Bonchev–Trinajstić information content (AvgIpc) is 1.70. The minimum Gasteiger partial charge on any atom is -0.508 e. The summed E-state index contributed by atoms with van der Waals surface area (Å²) in [6, 6.07) is 8.50. The number of Topliss-reactive ketones (excluding diaryl/α,β-unsaturated/α-hetero) is 3. The van der Waals surface area contributed by atoms with Crippen molar-refractivity contribution < 1.29 is 110 Å². The molecule has 129 heavy (non-hydrogen) atoms. The number of ether oxygens (including phenoxy) is 12. The van der Waals surface area contributed by atoms with E-state index in [0.29, 0.717) is 224 Å². The number of aromatic amines is 1. The second kappa shape index (κ2) is 53.6. The van der Waals surface area contributed by atoms with Crippen LogP contribution in [0.1, 0.15) is 168 Å². The van der Waals surface area contributed by atoms with Crippen molar-refractivity contribution in [2.75, 3.05) is 138 Å². The Kier molecular flexibility index (Phi) is 42.5. The average molecular weight is 1800 g/mol. The molecular formula is C94H138N12O23. The van der Waals surface area contributed by atoms with Gasteiger partial charge in [0, 0.05) is 93.0 Å². The fourth-order valence-electron chi connectivity index (χ4n) is 16.9. The number of rotatable bonds is 44. The number of carbonyl (C=O) groups excluding carboxylic acids is 6. The molecule has 1 aromatic carbocycles. The van der Waals surface area contributed by atoms with E-state index in [-0.39, 0.29) is 79.6 Å². The number of aromatic hydroxyl groups is 1. The molecule has 1 saturated carbocycles. The normalized spacial score (nSPS) is 26.3. The maximum absolute atomic E-state index is 14.8. The first-order valence-corrected chi connectivity index (χ1v) is 46.0. The van der Waals surface area contributed by atoms with Crippen molar-refractivity contribution in [3.8, 4) is 17.1 Å². The van der Waals surface area contributed by atoms with Gasteiger partial charge in [-0.2, -0.15) is 5.10 Å². The highest BCUT2D eigenvalue weighted by Gasteiger charge is 2.53. The summed E-state index contributed by atoms with van der Waals surface area (Å²) in [6.07, 6.45) is 18.8. The summed E-state index contributed by atoms with van der Waals surface area (Å²) in [5, 5.41) is 62.7. The van der Waals surface area contributed by atoms with E-state index in [0.717, 1.165) is 58.4 Å². The summed E-state index contributed by atoms with van der Waals surface area (Å²) in [7, 11) is 1.64. The van der Waals surface area contributed by atoms with Crippen LogP contribution in [-0.2, 0) is 105 Å². The number of methoxy groups -OCH3 is 1. The molecule has 1 aliphatic carbocycles. The highest BCUT2D eigenvalue weighted by atomic mass is 16.6. The smallest absolute Gasteiger partial charge is 0.329 e. The first-order chi connectivity index (χ1) is 62.4. The summed E-state index contributed by atoms with van der Waals surface area (Å²) in [5.41, 5.74) is 18.2. The van der Waals surface area contributed by atoms with Gasteiger partial charge in [0.05, 0.1) is 154 Å². The van der Waals surface area contributed by atoms with Gasteiger partial charge in [-0.25, -0.2) is 24.1 Å². The summed E-state index contributed by atoms with van der Waals surface area (Å²) in [5.74, 6) is -8.23. The number of hydrogen-bond donors (Lipinski definition) is 8. The number of phenols is 1. The Morgan fingerprint density at radius 1 is 0.736 bits per heavy atom. The number of nitrogens with two attached hydrogens (primary N) is 2. The molecule has 0 unspecified atom stereocenters. The molecule has 15 atom stereocenters. The number of amides is 2. The molecule has 2 saturated heterocycles. The zero-order valence-electron chi connectivity index (χ0n) is 76.1. The molecule has 2 amide bonds. The van der Waals surface area contributed by atoms with E-state index >= 15 is 0 Å². The predicted octanol–water partition coefficient (Wildman–Crippen LogP) is 8.91. The number of ketones is 3. The Morgan fingerprint density at radius 3 is 2.12 bits per heavy atom. The van der Waals surface area contributed by atoms with Crippen molar-refractivity contribution in [1.29, 1.82) is 0 Å². The van der Waals surface area contributed by atoms with Crippen LogP contribution in [0.3, 0.4) is 0 Å². The Bertz CT molecular complexity index is 4570. The van der Waals surface area contributed by atoms with Gasteiger partial charge in [0.25, 0.3) is 11.7 Å². The van der Waals surface area contributed by atoms with Crippen LogP contribution in [0.5, 0.6) is 5.75 Å². The van der Waals surface area contributed by atoms with Crippen molar-refractivity contribution in [3.63, 3.8) is 0 Å². The number of anilines is 1. The lowest BCUT2D eigenvalue weighted by Gasteiger charge is -2.42. The number of allylic oxidation sites excluding steroid dienone is 7. The fraction of sp³-hybridized carbons (Fsp3) is 0.649. The number of piperidine rings is 1. The standard InChI is InChI=1S/C94H138N12O23/c1-62-18-9-8-10-19-63(2)73(79-22-17-35-126-79)58-72-26-23-67(6)94(116,129-72)89(113)92(114)105-31-14-11-21-77(105)93(115)128-81(59-78(108)64(3)53-66(5)87(111)88(112)86(110)65(4)52-62)74(95)54-68-24-28-80(82(55-68)117-7)127-34-16-12-20-70-60-104(103-101-70)33-37-119-39-41-121-43-45-123-47-49-125-51-50-124-48-46-122-44-42-120-40-38-118-36-29-83(109)97-30-13-15-32-106-91-84(90(96)98-61-99-91)85(102-106)76-57-69-56-71(107)25-27-75(69)100-76/h8-10,17-19,22,25,27,35,53,56-57,60-62,64-65,67-68,72-74,77,80-82,87-88,100,107,111-112,116H,11-16,20-21,23-24,26,28-34,36-52,54-55,58-59,95H2,1-7H3,(H,97,109)(H2,96,98,99)/b10-8+,18-9+,63-19+,66-53+/t62-,64-,65-,67-,68+,72+,73+,74-,77+,80-,81+,82-,87-,88+,94-/m1/s1. The third-order valence-electron chi connectivity index (χ3n) is 24.5. The minimum atomic E-state index is -2.51. The van der Waals surface area contributed by atoms with Gasteiger partial charge < -0.3 is 108 Å². The van der Waals surface area contributed by atoms with Crippen LogP contribution in [0.4, 0.5) is 5.82 Å². The van der Waals surface area contributed by atoms with Gasteiger partial charge in [0.1, 0.15) is 59.5 Å². The number of nitrogens with one attached hydrogen (secondary N) is 2. The zero-order valence-corrected chi connectivity index (χ0v) is 76.1. The zero-order chi connectivity index (χ0) is 92.0. The maximum atomic E-state index is 14.8. The fourth-order valence-corrected chi connectivity index (χ4v) is 16.9.